The van der Waals surface area contributed by atoms with Crippen LogP contribution in [-0.4, -0.2) is 49.9 Å². The molecule has 1 aromatic heterocycles. The number of ether oxygens (including phenoxy) is 1. The molecule has 2 aliphatic heterocycles. The summed E-state index contributed by atoms with van der Waals surface area (Å²) in [5.41, 5.74) is -0.411. The van der Waals surface area contributed by atoms with Crippen molar-refractivity contribution in [1.82, 2.24) is 14.7 Å². The maximum atomic E-state index is 12.8. The Labute approximate surface area is 153 Å². The fourth-order valence-electron chi connectivity index (χ4n) is 4.43. The molecule has 1 saturated carbocycles. The van der Waals surface area contributed by atoms with Gasteiger partial charge in [-0.2, -0.15) is 5.10 Å². The number of carboxylic acid groups (broad SMARTS) is 1. The summed E-state index contributed by atoms with van der Waals surface area (Å²) in [5, 5.41) is 14.1. The third-order valence-electron chi connectivity index (χ3n) is 6.22. The first-order valence-electron chi connectivity index (χ1n) is 9.49. The third-order valence-corrected chi connectivity index (χ3v) is 6.22. The van der Waals surface area contributed by atoms with Crippen molar-refractivity contribution in [2.75, 3.05) is 6.54 Å². The lowest BCUT2D eigenvalue weighted by atomic mass is 9.72. The molecule has 142 valence electrons. The van der Waals surface area contributed by atoms with Gasteiger partial charge in [-0.25, -0.2) is 4.79 Å². The minimum Gasteiger partial charge on any atom is -0.483 e. The van der Waals surface area contributed by atoms with Crippen LogP contribution >= 0.6 is 0 Å². The lowest BCUT2D eigenvalue weighted by Gasteiger charge is -2.50. The molecule has 0 bridgehead atoms. The van der Waals surface area contributed by atoms with Crippen molar-refractivity contribution in [3.05, 3.63) is 11.9 Å². The average molecular weight is 361 g/mol. The first kappa shape index (κ1) is 17.4. The van der Waals surface area contributed by atoms with Crippen molar-refractivity contribution in [3.8, 4) is 5.75 Å². The zero-order valence-corrected chi connectivity index (χ0v) is 15.7. The highest BCUT2D eigenvalue weighted by atomic mass is 16.5. The predicted molar refractivity (Wildman–Crippen MR) is 94.6 cm³/mol. The number of fused-ring (bicyclic) bond motifs is 1. The number of piperidine rings is 1. The Bertz CT molecular complexity index is 746. The maximum Gasteiger partial charge on any atom is 0.407 e. The average Bonchev–Trinajstić information content (AvgIpc) is 2.87. The molecule has 1 N–H and O–H groups in total. The molecule has 7 heteroatoms. The number of hydrogen-bond donors (Lipinski definition) is 1. The van der Waals surface area contributed by atoms with Crippen molar-refractivity contribution < 1.29 is 19.4 Å². The Morgan fingerprint density at radius 1 is 1.38 bits per heavy atom. The number of carbonyl (C=O) groups excluding carboxylic acids is 1. The quantitative estimate of drug-likeness (QED) is 0.827. The molecule has 26 heavy (non-hydrogen) atoms. The second kappa shape index (κ2) is 5.72. The van der Waals surface area contributed by atoms with Gasteiger partial charge in [-0.3, -0.25) is 9.48 Å². The summed E-state index contributed by atoms with van der Waals surface area (Å²) in [6.07, 6.45) is 5.70. The summed E-state index contributed by atoms with van der Waals surface area (Å²) in [7, 11) is 0. The number of likely N-dealkylation sites (tertiary alicyclic amines) is 1. The first-order chi connectivity index (χ1) is 12.2. The molecular formula is C19H27N3O4. The van der Waals surface area contributed by atoms with Crippen LogP contribution in [0.3, 0.4) is 0 Å². The monoisotopic (exact) mass is 361 g/mol. The van der Waals surface area contributed by atoms with Gasteiger partial charge in [-0.1, -0.05) is 20.8 Å². The Morgan fingerprint density at radius 3 is 2.69 bits per heavy atom. The van der Waals surface area contributed by atoms with Crippen molar-refractivity contribution >= 4 is 11.9 Å². The molecular weight excluding hydrogens is 334 g/mol. The minimum atomic E-state index is -0.902. The SMILES string of the molecule is CC(C)(C)C1CC2(CCN1C(=O)O)CC(=O)c1nn(C3CCC3)cc1O2. The number of Topliss-reactive ketones (excluding diaryl/α,β-unsaturated/α-hetero) is 1. The predicted octanol–water partition coefficient (Wildman–Crippen LogP) is 3.50. The molecule has 1 aliphatic carbocycles. The van der Waals surface area contributed by atoms with Crippen LogP contribution in [0.4, 0.5) is 4.79 Å². The molecule has 4 rings (SSSR count). The molecule has 0 aromatic carbocycles. The van der Waals surface area contributed by atoms with Gasteiger partial charge in [0.1, 0.15) is 5.60 Å². The minimum absolute atomic E-state index is 0.0146. The van der Waals surface area contributed by atoms with E-state index in [0.29, 0.717) is 36.9 Å². The molecule has 3 aliphatic rings. The highest BCUT2D eigenvalue weighted by Gasteiger charge is 2.51. The largest absolute Gasteiger partial charge is 0.483 e. The zero-order valence-electron chi connectivity index (χ0n) is 15.7. The molecule has 1 aromatic rings. The van der Waals surface area contributed by atoms with Gasteiger partial charge in [0.2, 0.25) is 0 Å². The lowest BCUT2D eigenvalue weighted by Crippen LogP contribution is -2.59. The maximum absolute atomic E-state index is 12.8. The number of rotatable bonds is 1. The summed E-state index contributed by atoms with van der Waals surface area (Å²) in [6, 6.07) is 0.189. The second-order valence-corrected chi connectivity index (χ2v) is 9.10. The van der Waals surface area contributed by atoms with Gasteiger partial charge in [0, 0.05) is 25.4 Å². The van der Waals surface area contributed by atoms with Crippen LogP contribution in [0.5, 0.6) is 5.75 Å². The summed E-state index contributed by atoms with van der Waals surface area (Å²) in [5.74, 6) is 0.588. The van der Waals surface area contributed by atoms with Crippen LogP contribution in [0.25, 0.3) is 0 Å². The van der Waals surface area contributed by atoms with E-state index in [0.717, 1.165) is 12.8 Å². The third kappa shape index (κ3) is 2.77. The highest BCUT2D eigenvalue weighted by molar-refractivity contribution is 5.98. The molecule has 0 radical (unpaired) electrons. The number of ketones is 1. The van der Waals surface area contributed by atoms with Gasteiger partial charge in [0.25, 0.3) is 0 Å². The van der Waals surface area contributed by atoms with E-state index < -0.39 is 11.7 Å². The highest BCUT2D eigenvalue weighted by Crippen LogP contribution is 2.45. The van der Waals surface area contributed by atoms with E-state index in [-0.39, 0.29) is 23.7 Å². The topological polar surface area (TPSA) is 84.7 Å². The Balaban J connectivity index is 1.62. The van der Waals surface area contributed by atoms with Crippen LogP contribution in [0.1, 0.15) is 75.8 Å². The smallest absolute Gasteiger partial charge is 0.407 e. The Kier molecular flexibility index (Phi) is 3.82. The summed E-state index contributed by atoms with van der Waals surface area (Å²) >= 11 is 0. The van der Waals surface area contributed by atoms with Gasteiger partial charge in [0.05, 0.1) is 18.7 Å². The molecule has 1 amide bonds. The van der Waals surface area contributed by atoms with Crippen molar-refractivity contribution in [2.45, 2.75) is 77.0 Å². The van der Waals surface area contributed by atoms with Crippen molar-refractivity contribution in [3.63, 3.8) is 0 Å². The fraction of sp³-hybridized carbons (Fsp3) is 0.737. The molecule has 7 nitrogen and oxygen atoms in total. The van der Waals surface area contributed by atoms with Gasteiger partial charge < -0.3 is 14.7 Å². The number of hydrogen-bond acceptors (Lipinski definition) is 4. The second-order valence-electron chi connectivity index (χ2n) is 9.10. The first-order valence-corrected chi connectivity index (χ1v) is 9.49. The zero-order chi connectivity index (χ0) is 18.7. The Hall–Kier alpha value is -2.05. The van der Waals surface area contributed by atoms with E-state index in [1.54, 1.807) is 0 Å². The standard InChI is InChI=1S/C19H27N3O4/c1-18(2,3)15-10-19(7-8-21(15)17(24)25)9-13(23)16-14(26-19)11-22(20-16)12-5-4-6-12/h11-12,15H,4-10H2,1-3H3,(H,24,25). The van der Waals surface area contributed by atoms with E-state index in [1.807, 2.05) is 31.6 Å². The normalized spacial score (nSPS) is 29.3. The molecule has 2 fully saturated rings. The summed E-state index contributed by atoms with van der Waals surface area (Å²) in [4.78, 5) is 26.0. The van der Waals surface area contributed by atoms with Crippen LogP contribution in [0.2, 0.25) is 0 Å². The lowest BCUT2D eigenvalue weighted by molar-refractivity contribution is -0.0522. The molecule has 3 heterocycles. The van der Waals surface area contributed by atoms with Crippen LogP contribution < -0.4 is 4.74 Å². The number of nitrogens with zero attached hydrogens (tertiary/aromatic N) is 3. The molecule has 2 unspecified atom stereocenters. The van der Waals surface area contributed by atoms with Gasteiger partial charge in [-0.15, -0.1) is 0 Å². The number of amides is 1. The Morgan fingerprint density at radius 2 is 2.12 bits per heavy atom. The van der Waals surface area contributed by atoms with E-state index in [9.17, 15) is 14.7 Å². The summed E-state index contributed by atoms with van der Waals surface area (Å²) < 4.78 is 8.25. The van der Waals surface area contributed by atoms with E-state index >= 15 is 0 Å². The van der Waals surface area contributed by atoms with E-state index in [4.69, 9.17) is 4.74 Å². The summed E-state index contributed by atoms with van der Waals surface area (Å²) in [6.45, 7) is 6.50. The number of carbonyl (C=O) groups is 2. The van der Waals surface area contributed by atoms with Gasteiger partial charge in [0.15, 0.2) is 17.2 Å². The van der Waals surface area contributed by atoms with Crippen molar-refractivity contribution in [2.24, 2.45) is 5.41 Å². The van der Waals surface area contributed by atoms with Crippen LogP contribution in [0.15, 0.2) is 6.20 Å². The fourth-order valence-corrected chi connectivity index (χ4v) is 4.43. The van der Waals surface area contributed by atoms with E-state index in [1.165, 1.54) is 11.3 Å². The van der Waals surface area contributed by atoms with Crippen molar-refractivity contribution in [1.29, 1.82) is 0 Å². The molecule has 1 spiro atoms. The van der Waals surface area contributed by atoms with E-state index in [2.05, 4.69) is 5.10 Å². The van der Waals surface area contributed by atoms with Crippen LogP contribution in [-0.2, 0) is 0 Å². The van der Waals surface area contributed by atoms with Crippen LogP contribution in [0, 0.1) is 5.41 Å². The molecule has 1 saturated heterocycles. The van der Waals surface area contributed by atoms with Gasteiger partial charge in [-0.05, 0) is 24.7 Å². The van der Waals surface area contributed by atoms with Gasteiger partial charge >= 0.3 is 6.09 Å². The number of aromatic nitrogens is 2. The molecule has 2 atom stereocenters.